The van der Waals surface area contributed by atoms with Gasteiger partial charge in [-0.1, -0.05) is 6.07 Å². The van der Waals surface area contributed by atoms with Gasteiger partial charge in [-0.25, -0.2) is 14.0 Å². The third-order valence-corrected chi connectivity index (χ3v) is 2.87. The van der Waals surface area contributed by atoms with Gasteiger partial charge in [-0.05, 0) is 31.0 Å². The summed E-state index contributed by atoms with van der Waals surface area (Å²) in [5.41, 5.74) is 0.316. The molecule has 5 nitrogen and oxygen atoms in total. The highest BCUT2D eigenvalue weighted by molar-refractivity contribution is 5.92. The molecule has 6 heteroatoms. The lowest BCUT2D eigenvalue weighted by Crippen LogP contribution is -2.42. The van der Waals surface area contributed by atoms with Gasteiger partial charge in [0.1, 0.15) is 11.9 Å². The summed E-state index contributed by atoms with van der Waals surface area (Å²) in [6.07, 6.45) is 1.11. The Bertz CT molecular complexity index is 478. The molecule has 0 aliphatic carbocycles. The van der Waals surface area contributed by atoms with Crippen molar-refractivity contribution in [3.63, 3.8) is 0 Å². The Morgan fingerprint density at radius 2 is 2.22 bits per heavy atom. The molecule has 0 radical (unpaired) electrons. The van der Waals surface area contributed by atoms with Crippen LogP contribution >= 0.6 is 0 Å². The van der Waals surface area contributed by atoms with E-state index in [0.29, 0.717) is 25.1 Å². The fourth-order valence-corrected chi connectivity index (χ4v) is 2.03. The normalized spacial score (nSPS) is 18.7. The van der Waals surface area contributed by atoms with Gasteiger partial charge in [0.05, 0.1) is 0 Å². The molecule has 1 heterocycles. The summed E-state index contributed by atoms with van der Waals surface area (Å²) < 4.78 is 12.9. The third-order valence-electron chi connectivity index (χ3n) is 2.87. The maximum absolute atomic E-state index is 12.9. The standard InChI is InChI=1S/C12H13FN2O3/c13-8-3-1-4-9(7-8)14-12(18)15-6-2-5-10(15)11(16)17/h1,3-4,7,10H,2,5-6H2,(H,14,18)(H,16,17). The Labute approximate surface area is 103 Å². The fraction of sp³-hybridized carbons (Fsp3) is 0.333. The number of halogens is 1. The van der Waals surface area contributed by atoms with Crippen LogP contribution in [0.1, 0.15) is 12.8 Å². The van der Waals surface area contributed by atoms with Crippen LogP contribution in [0.15, 0.2) is 24.3 Å². The number of amides is 2. The maximum Gasteiger partial charge on any atom is 0.326 e. The van der Waals surface area contributed by atoms with Crippen molar-refractivity contribution >= 4 is 17.7 Å². The number of likely N-dealkylation sites (tertiary alicyclic amines) is 1. The van der Waals surface area contributed by atoms with Gasteiger partial charge in [0, 0.05) is 12.2 Å². The monoisotopic (exact) mass is 252 g/mol. The Morgan fingerprint density at radius 1 is 1.44 bits per heavy atom. The molecule has 1 aliphatic rings. The van der Waals surface area contributed by atoms with Crippen molar-refractivity contribution in [2.45, 2.75) is 18.9 Å². The fourth-order valence-electron chi connectivity index (χ4n) is 2.03. The second-order valence-corrected chi connectivity index (χ2v) is 4.13. The Balaban J connectivity index is 2.06. The number of hydrogen-bond donors (Lipinski definition) is 2. The number of carboxylic acids is 1. The van der Waals surface area contributed by atoms with Gasteiger partial charge in [0.15, 0.2) is 0 Å². The van der Waals surface area contributed by atoms with Crippen LogP contribution in [0.25, 0.3) is 0 Å². The number of carbonyl (C=O) groups excluding carboxylic acids is 1. The minimum absolute atomic E-state index is 0.316. The molecule has 18 heavy (non-hydrogen) atoms. The van der Waals surface area contributed by atoms with Crippen LogP contribution in [-0.4, -0.2) is 34.6 Å². The summed E-state index contributed by atoms with van der Waals surface area (Å²) in [6.45, 7) is 0.401. The lowest BCUT2D eigenvalue weighted by atomic mass is 10.2. The first-order valence-corrected chi connectivity index (χ1v) is 5.64. The molecular weight excluding hydrogens is 239 g/mol. The van der Waals surface area contributed by atoms with Crippen molar-refractivity contribution in [3.05, 3.63) is 30.1 Å². The number of rotatable bonds is 2. The molecule has 1 saturated heterocycles. The quantitative estimate of drug-likeness (QED) is 0.844. The zero-order chi connectivity index (χ0) is 13.1. The maximum atomic E-state index is 12.9. The molecule has 2 amide bonds. The average Bonchev–Trinajstić information content (AvgIpc) is 2.77. The minimum atomic E-state index is -1.01. The Kier molecular flexibility index (Phi) is 3.45. The van der Waals surface area contributed by atoms with E-state index in [1.54, 1.807) is 6.07 Å². The summed E-state index contributed by atoms with van der Waals surface area (Å²) in [6, 6.07) is 4.18. The number of urea groups is 1. The van der Waals surface area contributed by atoms with Crippen LogP contribution < -0.4 is 5.32 Å². The molecule has 1 atom stereocenters. The second kappa shape index (κ2) is 5.03. The number of nitrogens with one attached hydrogen (secondary N) is 1. The van der Waals surface area contributed by atoms with Gasteiger partial charge in [0.25, 0.3) is 0 Å². The van der Waals surface area contributed by atoms with E-state index in [1.807, 2.05) is 0 Å². The molecule has 1 unspecified atom stereocenters. The van der Waals surface area contributed by atoms with Gasteiger partial charge in [-0.15, -0.1) is 0 Å². The van der Waals surface area contributed by atoms with Crippen LogP contribution in [-0.2, 0) is 4.79 Å². The number of benzene rings is 1. The van der Waals surface area contributed by atoms with Crippen molar-refractivity contribution in [3.8, 4) is 0 Å². The van der Waals surface area contributed by atoms with Crippen LogP contribution in [0.5, 0.6) is 0 Å². The molecule has 2 N–H and O–H groups in total. The third kappa shape index (κ3) is 2.58. The Morgan fingerprint density at radius 3 is 2.89 bits per heavy atom. The molecule has 1 fully saturated rings. The molecule has 2 rings (SSSR count). The van der Waals surface area contributed by atoms with Crippen LogP contribution in [0, 0.1) is 5.82 Å². The van der Waals surface area contributed by atoms with E-state index in [1.165, 1.54) is 23.1 Å². The van der Waals surface area contributed by atoms with Gasteiger partial charge < -0.3 is 15.3 Å². The predicted octanol–water partition coefficient (Wildman–Crippen LogP) is 1.91. The van der Waals surface area contributed by atoms with E-state index in [0.717, 1.165) is 0 Å². The average molecular weight is 252 g/mol. The minimum Gasteiger partial charge on any atom is -0.480 e. The second-order valence-electron chi connectivity index (χ2n) is 4.13. The highest BCUT2D eigenvalue weighted by Crippen LogP contribution is 2.19. The van der Waals surface area contributed by atoms with Crippen LogP contribution in [0.4, 0.5) is 14.9 Å². The molecule has 1 aliphatic heterocycles. The van der Waals surface area contributed by atoms with E-state index >= 15 is 0 Å². The van der Waals surface area contributed by atoms with Crippen molar-refractivity contribution < 1.29 is 19.1 Å². The zero-order valence-electron chi connectivity index (χ0n) is 9.60. The van der Waals surface area contributed by atoms with Gasteiger partial charge >= 0.3 is 12.0 Å². The highest BCUT2D eigenvalue weighted by Gasteiger charge is 2.33. The molecule has 1 aromatic carbocycles. The van der Waals surface area contributed by atoms with Crippen molar-refractivity contribution in [1.82, 2.24) is 4.90 Å². The first-order chi connectivity index (χ1) is 8.58. The van der Waals surface area contributed by atoms with Gasteiger partial charge in [-0.3, -0.25) is 0 Å². The van der Waals surface area contributed by atoms with E-state index in [-0.39, 0.29) is 0 Å². The summed E-state index contributed by atoms with van der Waals surface area (Å²) in [5.74, 6) is -1.47. The number of carbonyl (C=O) groups is 2. The first kappa shape index (κ1) is 12.3. The molecule has 96 valence electrons. The van der Waals surface area contributed by atoms with Crippen molar-refractivity contribution in [1.29, 1.82) is 0 Å². The van der Waals surface area contributed by atoms with Gasteiger partial charge in [0.2, 0.25) is 0 Å². The summed E-state index contributed by atoms with van der Waals surface area (Å²) in [4.78, 5) is 24.1. The molecular formula is C12H13FN2O3. The van der Waals surface area contributed by atoms with E-state index < -0.39 is 23.9 Å². The number of nitrogens with zero attached hydrogens (tertiary/aromatic N) is 1. The van der Waals surface area contributed by atoms with E-state index in [9.17, 15) is 14.0 Å². The zero-order valence-corrected chi connectivity index (χ0v) is 9.60. The van der Waals surface area contributed by atoms with Crippen LogP contribution in [0.3, 0.4) is 0 Å². The number of hydrogen-bond acceptors (Lipinski definition) is 2. The summed E-state index contributed by atoms with van der Waals surface area (Å²) in [7, 11) is 0. The Hall–Kier alpha value is -2.11. The van der Waals surface area contributed by atoms with Crippen molar-refractivity contribution in [2.75, 3.05) is 11.9 Å². The number of anilines is 1. The van der Waals surface area contributed by atoms with Gasteiger partial charge in [-0.2, -0.15) is 0 Å². The SMILES string of the molecule is O=C(O)C1CCCN1C(=O)Nc1cccc(F)c1. The first-order valence-electron chi connectivity index (χ1n) is 5.64. The molecule has 0 bridgehead atoms. The molecule has 0 saturated carbocycles. The molecule has 0 aromatic heterocycles. The highest BCUT2D eigenvalue weighted by atomic mass is 19.1. The van der Waals surface area contributed by atoms with Crippen molar-refractivity contribution in [2.24, 2.45) is 0 Å². The largest absolute Gasteiger partial charge is 0.480 e. The van der Waals surface area contributed by atoms with E-state index in [2.05, 4.69) is 5.32 Å². The smallest absolute Gasteiger partial charge is 0.326 e. The number of carboxylic acid groups (broad SMARTS) is 1. The van der Waals surface area contributed by atoms with Crippen LogP contribution in [0.2, 0.25) is 0 Å². The lowest BCUT2D eigenvalue weighted by molar-refractivity contribution is -0.141. The predicted molar refractivity (Wildman–Crippen MR) is 62.8 cm³/mol. The molecule has 1 aromatic rings. The van der Waals surface area contributed by atoms with E-state index in [4.69, 9.17) is 5.11 Å². The molecule has 0 spiro atoms. The number of aliphatic carboxylic acids is 1. The summed E-state index contributed by atoms with van der Waals surface area (Å²) >= 11 is 0. The lowest BCUT2D eigenvalue weighted by Gasteiger charge is -2.21. The summed E-state index contributed by atoms with van der Waals surface area (Å²) in [5, 5.41) is 11.5. The topological polar surface area (TPSA) is 69.6 Å².